The second kappa shape index (κ2) is 6.49. The monoisotopic (exact) mass is 300 g/mol. The molecule has 1 aromatic rings. The number of anilines is 2. The molecule has 1 amide bonds. The summed E-state index contributed by atoms with van der Waals surface area (Å²) in [5.41, 5.74) is 1.72. The number of nitrogens with one attached hydrogen (secondary N) is 1. The van der Waals surface area contributed by atoms with Gasteiger partial charge in [0.2, 0.25) is 5.91 Å². The van der Waals surface area contributed by atoms with Gasteiger partial charge < -0.3 is 10.2 Å². The Morgan fingerprint density at radius 1 is 1.32 bits per heavy atom. The Labute approximate surface area is 123 Å². The molecule has 2 rings (SSSR count). The van der Waals surface area contributed by atoms with E-state index in [1.54, 1.807) is 13.0 Å². The maximum absolute atomic E-state index is 11.5. The van der Waals surface area contributed by atoms with E-state index in [4.69, 9.17) is 23.2 Å². The third-order valence-electron chi connectivity index (χ3n) is 3.27. The molecule has 0 saturated carbocycles. The average Bonchev–Trinajstić information content (AvgIpc) is 2.39. The first-order valence-corrected chi connectivity index (χ1v) is 7.39. The minimum atomic E-state index is -0.555. The van der Waals surface area contributed by atoms with E-state index < -0.39 is 5.38 Å². The van der Waals surface area contributed by atoms with Gasteiger partial charge in [-0.1, -0.05) is 11.6 Å². The zero-order valence-corrected chi connectivity index (χ0v) is 12.5. The van der Waals surface area contributed by atoms with Crippen molar-refractivity contribution in [3.63, 3.8) is 0 Å². The quantitative estimate of drug-likeness (QED) is 0.859. The Balaban J connectivity index is 2.10. The SMILES string of the molecule is C[C@H](Cl)C(=O)Nc1ccc(N2CCCCC2)c(Cl)c1. The van der Waals surface area contributed by atoms with Crippen LogP contribution < -0.4 is 10.2 Å². The van der Waals surface area contributed by atoms with Crippen molar-refractivity contribution in [2.45, 2.75) is 31.6 Å². The van der Waals surface area contributed by atoms with Crippen LogP contribution in [0.5, 0.6) is 0 Å². The van der Waals surface area contributed by atoms with Gasteiger partial charge in [-0.25, -0.2) is 0 Å². The van der Waals surface area contributed by atoms with Gasteiger partial charge in [-0.05, 0) is 44.4 Å². The van der Waals surface area contributed by atoms with Crippen LogP contribution in [-0.2, 0) is 4.79 Å². The van der Waals surface area contributed by atoms with E-state index in [1.807, 2.05) is 12.1 Å². The lowest BCUT2D eigenvalue weighted by Gasteiger charge is -2.29. The van der Waals surface area contributed by atoms with Crippen LogP contribution in [-0.4, -0.2) is 24.4 Å². The molecule has 0 spiro atoms. The average molecular weight is 301 g/mol. The van der Waals surface area contributed by atoms with E-state index in [1.165, 1.54) is 19.3 Å². The minimum Gasteiger partial charge on any atom is -0.370 e. The maximum atomic E-state index is 11.5. The fraction of sp³-hybridized carbons (Fsp3) is 0.500. The van der Waals surface area contributed by atoms with Crippen LogP contribution >= 0.6 is 23.2 Å². The first-order valence-electron chi connectivity index (χ1n) is 6.57. The predicted octanol–water partition coefficient (Wildman–Crippen LogP) is 3.90. The molecule has 104 valence electrons. The van der Waals surface area contributed by atoms with Crippen LogP contribution in [0.25, 0.3) is 0 Å². The number of hydrogen-bond acceptors (Lipinski definition) is 2. The molecule has 1 aliphatic heterocycles. The number of halogens is 2. The molecule has 0 radical (unpaired) electrons. The number of carbonyl (C=O) groups excluding carboxylic acids is 1. The molecule has 5 heteroatoms. The molecule has 0 aromatic heterocycles. The van der Waals surface area contributed by atoms with E-state index in [0.717, 1.165) is 18.8 Å². The summed E-state index contributed by atoms with van der Waals surface area (Å²) in [6, 6.07) is 5.61. The summed E-state index contributed by atoms with van der Waals surface area (Å²) >= 11 is 12.0. The van der Waals surface area contributed by atoms with Crippen molar-refractivity contribution in [3.05, 3.63) is 23.2 Å². The van der Waals surface area contributed by atoms with Crippen molar-refractivity contribution >= 4 is 40.5 Å². The molecule has 3 nitrogen and oxygen atoms in total. The first-order chi connectivity index (χ1) is 9.08. The number of benzene rings is 1. The van der Waals surface area contributed by atoms with Gasteiger partial charge in [0.05, 0.1) is 10.7 Å². The van der Waals surface area contributed by atoms with E-state index in [9.17, 15) is 4.79 Å². The van der Waals surface area contributed by atoms with Gasteiger partial charge in [-0.3, -0.25) is 4.79 Å². The van der Waals surface area contributed by atoms with E-state index >= 15 is 0 Å². The number of nitrogens with zero attached hydrogens (tertiary/aromatic N) is 1. The Hall–Kier alpha value is -0.930. The highest BCUT2D eigenvalue weighted by Crippen LogP contribution is 2.30. The Bertz CT molecular complexity index is 457. The second-order valence-corrected chi connectivity index (χ2v) is 5.88. The number of alkyl halides is 1. The van der Waals surface area contributed by atoms with Crippen LogP contribution in [0.1, 0.15) is 26.2 Å². The number of piperidine rings is 1. The Morgan fingerprint density at radius 3 is 2.58 bits per heavy atom. The zero-order valence-electron chi connectivity index (χ0n) is 11.0. The van der Waals surface area contributed by atoms with Crippen LogP contribution in [0.2, 0.25) is 5.02 Å². The molecule has 19 heavy (non-hydrogen) atoms. The summed E-state index contributed by atoms with van der Waals surface area (Å²) in [5.74, 6) is -0.219. The first kappa shape index (κ1) is 14.5. The van der Waals surface area contributed by atoms with Gasteiger partial charge in [0.25, 0.3) is 0 Å². The molecule has 0 aliphatic carbocycles. The lowest BCUT2D eigenvalue weighted by Crippen LogP contribution is -2.29. The predicted molar refractivity (Wildman–Crippen MR) is 81.5 cm³/mol. The van der Waals surface area contributed by atoms with E-state index in [-0.39, 0.29) is 5.91 Å². The van der Waals surface area contributed by atoms with Gasteiger partial charge in [-0.15, -0.1) is 11.6 Å². The topological polar surface area (TPSA) is 32.3 Å². The fourth-order valence-electron chi connectivity index (χ4n) is 2.22. The molecular formula is C14H18Cl2N2O. The Morgan fingerprint density at radius 2 is 2.00 bits per heavy atom. The molecule has 1 atom stereocenters. The number of rotatable bonds is 3. The summed E-state index contributed by atoms with van der Waals surface area (Å²) in [5, 5.41) is 2.85. The fourth-order valence-corrected chi connectivity index (χ4v) is 2.57. The molecular weight excluding hydrogens is 283 g/mol. The standard InChI is InChI=1S/C14H18Cl2N2O/c1-10(15)14(19)17-11-5-6-13(12(16)9-11)18-7-3-2-4-8-18/h5-6,9-10H,2-4,7-8H2,1H3,(H,17,19)/t10-/m0/s1. The molecule has 1 aromatic carbocycles. The summed E-state index contributed by atoms with van der Waals surface area (Å²) in [4.78, 5) is 13.8. The molecule has 1 aliphatic rings. The van der Waals surface area contributed by atoms with E-state index in [0.29, 0.717) is 10.7 Å². The summed E-state index contributed by atoms with van der Waals surface area (Å²) < 4.78 is 0. The van der Waals surface area contributed by atoms with E-state index in [2.05, 4.69) is 10.2 Å². The van der Waals surface area contributed by atoms with Crippen molar-refractivity contribution in [3.8, 4) is 0 Å². The maximum Gasteiger partial charge on any atom is 0.242 e. The van der Waals surface area contributed by atoms with Crippen molar-refractivity contribution in [2.24, 2.45) is 0 Å². The van der Waals surface area contributed by atoms with Gasteiger partial charge in [0.1, 0.15) is 5.38 Å². The highest BCUT2D eigenvalue weighted by molar-refractivity contribution is 6.34. The smallest absolute Gasteiger partial charge is 0.242 e. The van der Waals surface area contributed by atoms with Crippen molar-refractivity contribution in [1.29, 1.82) is 0 Å². The van der Waals surface area contributed by atoms with Crippen LogP contribution in [0.4, 0.5) is 11.4 Å². The third-order valence-corrected chi connectivity index (χ3v) is 3.77. The number of amides is 1. The van der Waals surface area contributed by atoms with Gasteiger partial charge in [0.15, 0.2) is 0 Å². The molecule has 1 heterocycles. The lowest BCUT2D eigenvalue weighted by atomic mass is 10.1. The number of hydrogen-bond donors (Lipinski definition) is 1. The minimum absolute atomic E-state index is 0.219. The highest BCUT2D eigenvalue weighted by Gasteiger charge is 2.15. The number of carbonyl (C=O) groups is 1. The zero-order chi connectivity index (χ0) is 13.8. The van der Waals surface area contributed by atoms with Crippen LogP contribution in [0.3, 0.4) is 0 Å². The molecule has 1 fully saturated rings. The highest BCUT2D eigenvalue weighted by atomic mass is 35.5. The summed E-state index contributed by atoms with van der Waals surface area (Å²) in [6.45, 7) is 3.73. The van der Waals surface area contributed by atoms with Crippen molar-refractivity contribution in [1.82, 2.24) is 0 Å². The largest absolute Gasteiger partial charge is 0.370 e. The third kappa shape index (κ3) is 3.77. The summed E-state index contributed by atoms with van der Waals surface area (Å²) in [6.07, 6.45) is 3.70. The Kier molecular flexibility index (Phi) is 4.94. The van der Waals surface area contributed by atoms with Gasteiger partial charge >= 0.3 is 0 Å². The molecule has 1 saturated heterocycles. The van der Waals surface area contributed by atoms with Crippen molar-refractivity contribution < 1.29 is 4.79 Å². The summed E-state index contributed by atoms with van der Waals surface area (Å²) in [7, 11) is 0. The lowest BCUT2D eigenvalue weighted by molar-refractivity contribution is -0.115. The molecule has 0 bridgehead atoms. The molecule has 0 unspecified atom stereocenters. The van der Waals surface area contributed by atoms with Gasteiger partial charge in [-0.2, -0.15) is 0 Å². The van der Waals surface area contributed by atoms with Gasteiger partial charge in [0, 0.05) is 18.8 Å². The van der Waals surface area contributed by atoms with Crippen molar-refractivity contribution in [2.75, 3.05) is 23.3 Å². The molecule has 1 N–H and O–H groups in total. The second-order valence-electron chi connectivity index (χ2n) is 4.82. The van der Waals surface area contributed by atoms with Crippen LogP contribution in [0.15, 0.2) is 18.2 Å². The normalized spacial score (nSPS) is 17.1. The van der Waals surface area contributed by atoms with Crippen LogP contribution in [0, 0.1) is 0 Å².